The predicted molar refractivity (Wildman–Crippen MR) is 65.5 cm³/mol. The van der Waals surface area contributed by atoms with Crippen molar-refractivity contribution in [1.82, 2.24) is 4.98 Å². The van der Waals surface area contributed by atoms with E-state index >= 15 is 0 Å². The molecule has 1 aromatic carbocycles. The number of anilines is 1. The number of pyridine rings is 1. The second-order valence-electron chi connectivity index (χ2n) is 3.08. The first kappa shape index (κ1) is 10.2. The molecule has 3 nitrogen and oxygen atoms in total. The van der Waals surface area contributed by atoms with Crippen LogP contribution in [0.5, 0.6) is 5.75 Å². The number of aromatic nitrogens is 1. The van der Waals surface area contributed by atoms with Gasteiger partial charge in [-0.25, -0.2) is 4.98 Å². The standard InChI is InChI=1S/C11H11BrN2O/c1-13-11-10-7(5-6-14-11)8(12)3-4-9(10)15-2/h3-6H,1-2H3,(H,13,14). The normalized spacial score (nSPS) is 10.3. The van der Waals surface area contributed by atoms with Crippen molar-refractivity contribution in [2.45, 2.75) is 0 Å². The fourth-order valence-electron chi connectivity index (χ4n) is 1.59. The lowest BCUT2D eigenvalue weighted by atomic mass is 10.1. The average Bonchev–Trinajstić information content (AvgIpc) is 2.29. The summed E-state index contributed by atoms with van der Waals surface area (Å²) >= 11 is 3.51. The van der Waals surface area contributed by atoms with E-state index < -0.39 is 0 Å². The van der Waals surface area contributed by atoms with Gasteiger partial charge in [-0.15, -0.1) is 0 Å². The van der Waals surface area contributed by atoms with Crippen molar-refractivity contribution in [3.8, 4) is 5.75 Å². The Morgan fingerprint density at radius 2 is 2.13 bits per heavy atom. The van der Waals surface area contributed by atoms with Crippen LogP contribution in [0.2, 0.25) is 0 Å². The fraction of sp³-hybridized carbons (Fsp3) is 0.182. The number of rotatable bonds is 2. The van der Waals surface area contributed by atoms with Crippen LogP contribution in [0.15, 0.2) is 28.9 Å². The SMILES string of the molecule is CNc1nccc2c(Br)ccc(OC)c12. The van der Waals surface area contributed by atoms with Crippen molar-refractivity contribution in [2.75, 3.05) is 19.5 Å². The molecule has 0 aliphatic rings. The largest absolute Gasteiger partial charge is 0.496 e. The minimum Gasteiger partial charge on any atom is -0.496 e. The highest BCUT2D eigenvalue weighted by Gasteiger charge is 2.09. The van der Waals surface area contributed by atoms with Gasteiger partial charge in [0, 0.05) is 23.1 Å². The van der Waals surface area contributed by atoms with Crippen LogP contribution in [0.1, 0.15) is 0 Å². The molecule has 2 aromatic rings. The van der Waals surface area contributed by atoms with Gasteiger partial charge in [-0.2, -0.15) is 0 Å². The van der Waals surface area contributed by atoms with E-state index in [1.807, 2.05) is 25.2 Å². The Morgan fingerprint density at radius 1 is 1.33 bits per heavy atom. The number of hydrogen-bond donors (Lipinski definition) is 1. The molecule has 4 heteroatoms. The minimum atomic E-state index is 0.825. The van der Waals surface area contributed by atoms with Gasteiger partial charge in [0.15, 0.2) is 0 Å². The van der Waals surface area contributed by atoms with Gasteiger partial charge in [-0.1, -0.05) is 15.9 Å². The molecule has 1 aromatic heterocycles. The Morgan fingerprint density at radius 3 is 2.80 bits per heavy atom. The van der Waals surface area contributed by atoms with E-state index in [0.717, 1.165) is 26.8 Å². The van der Waals surface area contributed by atoms with Crippen molar-refractivity contribution < 1.29 is 4.74 Å². The van der Waals surface area contributed by atoms with Crippen LogP contribution < -0.4 is 10.1 Å². The van der Waals surface area contributed by atoms with Crippen molar-refractivity contribution in [1.29, 1.82) is 0 Å². The van der Waals surface area contributed by atoms with Crippen LogP contribution >= 0.6 is 15.9 Å². The number of ether oxygens (including phenoxy) is 1. The quantitative estimate of drug-likeness (QED) is 0.908. The van der Waals surface area contributed by atoms with E-state index in [2.05, 4.69) is 26.2 Å². The summed E-state index contributed by atoms with van der Waals surface area (Å²) in [4.78, 5) is 4.26. The first-order chi connectivity index (χ1) is 7.27. The van der Waals surface area contributed by atoms with E-state index in [1.54, 1.807) is 13.3 Å². The Balaban J connectivity index is 2.87. The second kappa shape index (κ2) is 4.06. The highest BCUT2D eigenvalue weighted by atomic mass is 79.9. The number of nitrogens with zero attached hydrogens (tertiary/aromatic N) is 1. The molecule has 78 valence electrons. The van der Waals surface area contributed by atoms with Crippen molar-refractivity contribution in [2.24, 2.45) is 0 Å². The van der Waals surface area contributed by atoms with Gasteiger partial charge < -0.3 is 10.1 Å². The number of halogens is 1. The Hall–Kier alpha value is -1.29. The number of benzene rings is 1. The summed E-state index contributed by atoms with van der Waals surface area (Å²) in [6.07, 6.45) is 1.78. The third-order valence-electron chi connectivity index (χ3n) is 2.29. The number of methoxy groups -OCH3 is 1. The minimum absolute atomic E-state index is 0.825. The van der Waals surface area contributed by atoms with Crippen LogP contribution in [-0.2, 0) is 0 Å². The molecule has 0 atom stereocenters. The molecule has 0 fully saturated rings. The van der Waals surface area contributed by atoms with Crippen LogP contribution in [-0.4, -0.2) is 19.1 Å². The van der Waals surface area contributed by atoms with E-state index in [-0.39, 0.29) is 0 Å². The summed E-state index contributed by atoms with van der Waals surface area (Å²) in [5, 5.41) is 5.15. The third kappa shape index (κ3) is 1.65. The third-order valence-corrected chi connectivity index (χ3v) is 2.98. The monoisotopic (exact) mass is 266 g/mol. The van der Waals surface area contributed by atoms with Crippen LogP contribution in [0.4, 0.5) is 5.82 Å². The van der Waals surface area contributed by atoms with E-state index in [0.29, 0.717) is 0 Å². The van der Waals surface area contributed by atoms with Gasteiger partial charge in [-0.05, 0) is 18.2 Å². The van der Waals surface area contributed by atoms with Gasteiger partial charge >= 0.3 is 0 Å². The first-order valence-electron chi connectivity index (χ1n) is 4.57. The van der Waals surface area contributed by atoms with E-state index in [9.17, 15) is 0 Å². The summed E-state index contributed by atoms with van der Waals surface area (Å²) in [6, 6.07) is 5.86. The molecular formula is C11H11BrN2O. The van der Waals surface area contributed by atoms with Crippen LogP contribution in [0, 0.1) is 0 Å². The Labute approximate surface area is 96.6 Å². The van der Waals surface area contributed by atoms with E-state index in [1.165, 1.54) is 0 Å². The highest BCUT2D eigenvalue weighted by molar-refractivity contribution is 9.10. The van der Waals surface area contributed by atoms with Gasteiger partial charge in [0.25, 0.3) is 0 Å². The van der Waals surface area contributed by atoms with Gasteiger partial charge in [0.05, 0.1) is 12.5 Å². The van der Waals surface area contributed by atoms with Crippen molar-refractivity contribution in [3.63, 3.8) is 0 Å². The predicted octanol–water partition coefficient (Wildman–Crippen LogP) is 3.05. The zero-order valence-corrected chi connectivity index (χ0v) is 10.1. The Kier molecular flexibility index (Phi) is 2.77. The first-order valence-corrected chi connectivity index (χ1v) is 5.36. The fourth-order valence-corrected chi connectivity index (χ4v) is 2.05. The van der Waals surface area contributed by atoms with E-state index in [4.69, 9.17) is 4.74 Å². The molecule has 15 heavy (non-hydrogen) atoms. The second-order valence-corrected chi connectivity index (χ2v) is 3.94. The molecule has 0 bridgehead atoms. The molecule has 0 saturated heterocycles. The van der Waals surface area contributed by atoms with Gasteiger partial charge in [0.1, 0.15) is 11.6 Å². The molecule has 0 unspecified atom stereocenters. The smallest absolute Gasteiger partial charge is 0.137 e. The molecule has 0 radical (unpaired) electrons. The molecule has 0 aliphatic carbocycles. The maximum absolute atomic E-state index is 5.32. The molecule has 1 heterocycles. The molecule has 2 rings (SSSR count). The maximum Gasteiger partial charge on any atom is 0.137 e. The molecular weight excluding hydrogens is 256 g/mol. The molecule has 0 spiro atoms. The number of fused-ring (bicyclic) bond motifs is 1. The van der Waals surface area contributed by atoms with Crippen molar-refractivity contribution >= 4 is 32.5 Å². The summed E-state index contributed by atoms with van der Waals surface area (Å²) in [6.45, 7) is 0. The maximum atomic E-state index is 5.32. The summed E-state index contributed by atoms with van der Waals surface area (Å²) in [5.74, 6) is 1.65. The van der Waals surface area contributed by atoms with Crippen LogP contribution in [0.3, 0.4) is 0 Å². The number of hydrogen-bond acceptors (Lipinski definition) is 3. The Bertz CT molecular complexity index is 489. The number of nitrogens with one attached hydrogen (secondary N) is 1. The zero-order chi connectivity index (χ0) is 10.8. The molecule has 0 aliphatic heterocycles. The summed E-state index contributed by atoms with van der Waals surface area (Å²) < 4.78 is 6.36. The molecule has 0 amide bonds. The topological polar surface area (TPSA) is 34.2 Å². The lowest BCUT2D eigenvalue weighted by molar-refractivity contribution is 0.420. The zero-order valence-electron chi connectivity index (χ0n) is 8.54. The molecule has 1 N–H and O–H groups in total. The average molecular weight is 267 g/mol. The lowest BCUT2D eigenvalue weighted by Crippen LogP contribution is -1.95. The highest BCUT2D eigenvalue weighted by Crippen LogP contribution is 2.35. The van der Waals surface area contributed by atoms with Gasteiger partial charge in [0.2, 0.25) is 0 Å². The van der Waals surface area contributed by atoms with Crippen molar-refractivity contribution in [3.05, 3.63) is 28.9 Å². The summed E-state index contributed by atoms with van der Waals surface area (Å²) in [7, 11) is 3.51. The van der Waals surface area contributed by atoms with Crippen LogP contribution in [0.25, 0.3) is 10.8 Å². The lowest BCUT2D eigenvalue weighted by Gasteiger charge is -2.10. The summed E-state index contributed by atoms with van der Waals surface area (Å²) in [5.41, 5.74) is 0. The molecule has 0 saturated carbocycles. The van der Waals surface area contributed by atoms with Gasteiger partial charge in [-0.3, -0.25) is 0 Å².